The lowest BCUT2D eigenvalue weighted by molar-refractivity contribution is 0.245. The Morgan fingerprint density at radius 1 is 0.964 bits per heavy atom. The number of pyridine rings is 1. The van der Waals surface area contributed by atoms with E-state index in [9.17, 15) is 0 Å². The molecule has 0 saturated carbocycles. The average molecular weight is 385 g/mol. The number of nitrogens with zero attached hydrogens (tertiary/aromatic N) is 5. The number of thiazole rings is 1. The maximum atomic E-state index is 4.80. The monoisotopic (exact) mass is 385 g/mol. The highest BCUT2D eigenvalue weighted by Crippen LogP contribution is 2.28. The minimum atomic E-state index is 0.781. The first kappa shape index (κ1) is 17.2. The lowest BCUT2D eigenvalue weighted by Gasteiger charge is -2.27. The molecule has 0 atom stereocenters. The predicted molar refractivity (Wildman–Crippen MR) is 111 cm³/mol. The van der Waals surface area contributed by atoms with E-state index in [0.29, 0.717) is 0 Å². The molecule has 0 aliphatic carbocycles. The fourth-order valence-electron chi connectivity index (χ4n) is 3.57. The number of aromatic nitrogens is 4. The highest BCUT2D eigenvalue weighted by Gasteiger charge is 2.21. The molecule has 1 aromatic carbocycles. The van der Waals surface area contributed by atoms with Crippen molar-refractivity contribution in [3.8, 4) is 22.6 Å². The second-order valence-corrected chi connectivity index (χ2v) is 7.79. The fourth-order valence-corrected chi connectivity index (χ4v) is 4.39. The van der Waals surface area contributed by atoms with E-state index in [1.807, 2.05) is 29.9 Å². The summed E-state index contributed by atoms with van der Waals surface area (Å²) in [6.45, 7) is 2.77. The van der Waals surface area contributed by atoms with Crippen LogP contribution >= 0.6 is 11.3 Å². The maximum absolute atomic E-state index is 4.80. The van der Waals surface area contributed by atoms with Gasteiger partial charge in [-0.25, -0.2) is 15.0 Å². The summed E-state index contributed by atoms with van der Waals surface area (Å²) in [4.78, 5) is 21.8. The molecule has 0 spiro atoms. The summed E-state index contributed by atoms with van der Waals surface area (Å²) < 4.78 is 0. The Morgan fingerprint density at radius 3 is 2.68 bits per heavy atom. The predicted octanol–water partition coefficient (Wildman–Crippen LogP) is 4.22. The van der Waals surface area contributed by atoms with Crippen LogP contribution in [0.1, 0.15) is 16.1 Å². The fraction of sp³-hybridized carbons (Fsp3) is 0.182. The van der Waals surface area contributed by atoms with Crippen LogP contribution in [0.3, 0.4) is 0 Å². The van der Waals surface area contributed by atoms with Gasteiger partial charge in [-0.05, 0) is 12.1 Å². The topological polar surface area (TPSA) is 54.8 Å². The van der Waals surface area contributed by atoms with Gasteiger partial charge >= 0.3 is 0 Å². The third kappa shape index (κ3) is 3.44. The van der Waals surface area contributed by atoms with Gasteiger partial charge in [0.25, 0.3) is 0 Å². The van der Waals surface area contributed by atoms with Crippen LogP contribution in [0.4, 0.5) is 0 Å². The average Bonchev–Trinajstić information content (AvgIpc) is 3.23. The summed E-state index contributed by atoms with van der Waals surface area (Å²) in [6, 6.07) is 14.3. The van der Waals surface area contributed by atoms with E-state index in [2.05, 4.69) is 44.1 Å². The molecule has 0 amide bonds. The first-order chi connectivity index (χ1) is 13.9. The van der Waals surface area contributed by atoms with E-state index in [1.54, 1.807) is 23.7 Å². The summed E-state index contributed by atoms with van der Waals surface area (Å²) in [5.74, 6) is 0.781. The third-order valence-corrected chi connectivity index (χ3v) is 5.82. The van der Waals surface area contributed by atoms with Crippen molar-refractivity contribution in [2.75, 3.05) is 6.54 Å². The van der Waals surface area contributed by atoms with E-state index < -0.39 is 0 Å². The van der Waals surface area contributed by atoms with E-state index in [-0.39, 0.29) is 0 Å². The summed E-state index contributed by atoms with van der Waals surface area (Å²) in [5.41, 5.74) is 7.61. The Hall–Kier alpha value is -2.96. The number of rotatable bonds is 4. The summed E-state index contributed by atoms with van der Waals surface area (Å²) >= 11 is 1.73. The molecule has 138 valence electrons. The zero-order valence-electron chi connectivity index (χ0n) is 15.3. The van der Waals surface area contributed by atoms with Crippen LogP contribution in [0.15, 0.2) is 66.6 Å². The van der Waals surface area contributed by atoms with E-state index in [4.69, 9.17) is 4.98 Å². The molecule has 3 aromatic heterocycles. The molecule has 4 aromatic rings. The number of hydrogen-bond acceptors (Lipinski definition) is 6. The zero-order chi connectivity index (χ0) is 18.8. The van der Waals surface area contributed by atoms with Gasteiger partial charge in [0.2, 0.25) is 0 Å². The SMILES string of the molecule is c1ccc(-c2ncsc2CN2CCc3nc(-c4ccncc4)ncc3C2)cc1. The Labute approximate surface area is 167 Å². The van der Waals surface area contributed by atoms with E-state index >= 15 is 0 Å². The van der Waals surface area contributed by atoms with Crippen LogP contribution in [0.5, 0.6) is 0 Å². The Kier molecular flexibility index (Phi) is 4.64. The first-order valence-corrected chi connectivity index (χ1v) is 10.2. The summed E-state index contributed by atoms with van der Waals surface area (Å²) in [5, 5.41) is 0. The van der Waals surface area contributed by atoms with Crippen molar-refractivity contribution in [1.29, 1.82) is 0 Å². The van der Waals surface area contributed by atoms with Crippen molar-refractivity contribution in [1.82, 2.24) is 24.8 Å². The molecule has 5 nitrogen and oxygen atoms in total. The van der Waals surface area contributed by atoms with Crippen LogP contribution in [0, 0.1) is 0 Å². The van der Waals surface area contributed by atoms with Gasteiger partial charge in [-0.15, -0.1) is 11.3 Å². The normalized spacial score (nSPS) is 14.0. The molecule has 0 bridgehead atoms. The number of fused-ring (bicyclic) bond motifs is 1. The largest absolute Gasteiger partial charge is 0.293 e. The van der Waals surface area contributed by atoms with E-state index in [0.717, 1.165) is 48.8 Å². The van der Waals surface area contributed by atoms with Gasteiger partial charge in [0, 0.05) is 66.2 Å². The Balaban J connectivity index is 1.34. The lowest BCUT2D eigenvalue weighted by Crippen LogP contribution is -2.30. The maximum Gasteiger partial charge on any atom is 0.159 e. The van der Waals surface area contributed by atoms with Gasteiger partial charge < -0.3 is 0 Å². The quantitative estimate of drug-likeness (QED) is 0.526. The van der Waals surface area contributed by atoms with Gasteiger partial charge in [-0.2, -0.15) is 0 Å². The molecule has 4 heterocycles. The molecule has 0 saturated heterocycles. The van der Waals surface area contributed by atoms with Crippen molar-refractivity contribution >= 4 is 11.3 Å². The molecule has 0 N–H and O–H groups in total. The highest BCUT2D eigenvalue weighted by atomic mass is 32.1. The molecule has 6 heteroatoms. The Bertz CT molecular complexity index is 1080. The molecule has 1 aliphatic rings. The molecule has 0 fully saturated rings. The van der Waals surface area contributed by atoms with Crippen LogP contribution in [-0.4, -0.2) is 31.4 Å². The molecule has 0 unspecified atom stereocenters. The Morgan fingerprint density at radius 2 is 1.82 bits per heavy atom. The van der Waals surface area contributed by atoms with Crippen LogP contribution < -0.4 is 0 Å². The molecule has 0 radical (unpaired) electrons. The van der Waals surface area contributed by atoms with E-state index in [1.165, 1.54) is 16.0 Å². The number of hydrogen-bond donors (Lipinski definition) is 0. The molecule has 1 aliphatic heterocycles. The lowest BCUT2D eigenvalue weighted by atomic mass is 10.1. The van der Waals surface area contributed by atoms with Gasteiger partial charge in [0.15, 0.2) is 5.82 Å². The van der Waals surface area contributed by atoms with Crippen LogP contribution in [0.25, 0.3) is 22.6 Å². The molecular formula is C22H19N5S. The van der Waals surface area contributed by atoms with Gasteiger partial charge in [-0.3, -0.25) is 9.88 Å². The van der Waals surface area contributed by atoms with Gasteiger partial charge in [-0.1, -0.05) is 30.3 Å². The minimum absolute atomic E-state index is 0.781. The minimum Gasteiger partial charge on any atom is -0.293 e. The van der Waals surface area contributed by atoms with Crippen molar-refractivity contribution in [3.63, 3.8) is 0 Å². The second kappa shape index (κ2) is 7.58. The standard InChI is InChI=1S/C22H19N5S/c1-2-4-16(5-3-1)21-20(28-15-25-21)14-27-11-8-19-18(13-27)12-24-22(26-19)17-6-9-23-10-7-17/h1-7,9-10,12,15H,8,11,13-14H2. The zero-order valence-corrected chi connectivity index (χ0v) is 16.1. The van der Waals surface area contributed by atoms with Crippen LogP contribution in [-0.2, 0) is 19.5 Å². The molecule has 28 heavy (non-hydrogen) atoms. The first-order valence-electron chi connectivity index (χ1n) is 9.32. The van der Waals surface area contributed by atoms with Crippen molar-refractivity contribution in [2.45, 2.75) is 19.5 Å². The van der Waals surface area contributed by atoms with Gasteiger partial charge in [0.05, 0.1) is 16.9 Å². The highest BCUT2D eigenvalue weighted by molar-refractivity contribution is 7.10. The van der Waals surface area contributed by atoms with Gasteiger partial charge in [0.1, 0.15) is 0 Å². The summed E-state index contributed by atoms with van der Waals surface area (Å²) in [6.07, 6.45) is 6.48. The van der Waals surface area contributed by atoms with Crippen LogP contribution in [0.2, 0.25) is 0 Å². The smallest absolute Gasteiger partial charge is 0.159 e. The summed E-state index contributed by atoms with van der Waals surface area (Å²) in [7, 11) is 0. The van der Waals surface area contributed by atoms with Crippen molar-refractivity contribution < 1.29 is 0 Å². The van der Waals surface area contributed by atoms with Crippen molar-refractivity contribution in [2.24, 2.45) is 0 Å². The third-order valence-electron chi connectivity index (χ3n) is 5.01. The molecular weight excluding hydrogens is 366 g/mol. The number of benzene rings is 1. The van der Waals surface area contributed by atoms with Crippen molar-refractivity contribution in [3.05, 3.63) is 82.7 Å². The molecule has 5 rings (SSSR count). The second-order valence-electron chi connectivity index (χ2n) is 6.85.